The molecule has 0 saturated carbocycles. The van der Waals surface area contributed by atoms with Gasteiger partial charge in [0.15, 0.2) is 0 Å². The number of nitrogens with one attached hydrogen (secondary N) is 1. The first-order valence-electron chi connectivity index (χ1n) is 9.20. The molecule has 8 heteroatoms. The average Bonchev–Trinajstić information content (AvgIpc) is 3.19. The Bertz CT molecular complexity index is 1040. The molecule has 0 bridgehead atoms. The number of ether oxygens (including phenoxy) is 1. The SMILES string of the molecule is CC1(N2Cc3nc(NC4Cc5cc(Cl)cc(C#N)c5C4)ncc3C2=O)COC1. The van der Waals surface area contributed by atoms with Gasteiger partial charge in [-0.15, -0.1) is 0 Å². The molecule has 1 atom stereocenters. The summed E-state index contributed by atoms with van der Waals surface area (Å²) in [5.74, 6) is 0.472. The Hall–Kier alpha value is -2.69. The number of anilines is 1. The van der Waals surface area contributed by atoms with Gasteiger partial charge in [0.1, 0.15) is 0 Å². The van der Waals surface area contributed by atoms with Crippen LogP contribution in [0.3, 0.4) is 0 Å². The maximum Gasteiger partial charge on any atom is 0.258 e. The molecule has 0 spiro atoms. The highest BCUT2D eigenvalue weighted by molar-refractivity contribution is 6.30. The normalized spacial score (nSPS) is 21.7. The highest BCUT2D eigenvalue weighted by atomic mass is 35.5. The van der Waals surface area contributed by atoms with Crippen LogP contribution >= 0.6 is 11.6 Å². The van der Waals surface area contributed by atoms with E-state index in [-0.39, 0.29) is 17.5 Å². The second-order valence-corrected chi connectivity index (χ2v) is 8.32. The van der Waals surface area contributed by atoms with E-state index in [1.165, 1.54) is 0 Å². The average molecular weight is 396 g/mol. The van der Waals surface area contributed by atoms with E-state index in [2.05, 4.69) is 21.4 Å². The van der Waals surface area contributed by atoms with Gasteiger partial charge < -0.3 is 15.0 Å². The fourth-order valence-electron chi connectivity index (χ4n) is 4.23. The van der Waals surface area contributed by atoms with Crippen LogP contribution in [0.5, 0.6) is 0 Å². The minimum absolute atomic E-state index is 0.0334. The number of nitriles is 1. The number of hydrogen-bond donors (Lipinski definition) is 1. The summed E-state index contributed by atoms with van der Waals surface area (Å²) in [5.41, 5.74) is 3.79. The number of carbonyl (C=O) groups is 1. The molecule has 5 rings (SSSR count). The summed E-state index contributed by atoms with van der Waals surface area (Å²) in [6.07, 6.45) is 3.08. The molecule has 2 aliphatic heterocycles. The van der Waals surface area contributed by atoms with Crippen LogP contribution in [-0.4, -0.2) is 45.6 Å². The van der Waals surface area contributed by atoms with Gasteiger partial charge in [0, 0.05) is 17.3 Å². The van der Waals surface area contributed by atoms with Crippen molar-refractivity contribution in [3.63, 3.8) is 0 Å². The second kappa shape index (κ2) is 6.16. The van der Waals surface area contributed by atoms with E-state index in [0.29, 0.717) is 41.9 Å². The molecule has 2 aromatic rings. The smallest absolute Gasteiger partial charge is 0.258 e. The molecular weight excluding hydrogens is 378 g/mol. The zero-order valence-electron chi connectivity index (χ0n) is 15.3. The Morgan fingerprint density at radius 3 is 2.93 bits per heavy atom. The van der Waals surface area contributed by atoms with Crippen molar-refractivity contribution >= 4 is 23.5 Å². The summed E-state index contributed by atoms with van der Waals surface area (Å²) in [6, 6.07) is 5.94. The Morgan fingerprint density at radius 1 is 1.39 bits per heavy atom. The minimum Gasteiger partial charge on any atom is -0.376 e. The van der Waals surface area contributed by atoms with Crippen molar-refractivity contribution in [2.24, 2.45) is 0 Å². The van der Waals surface area contributed by atoms with Crippen LogP contribution < -0.4 is 5.32 Å². The van der Waals surface area contributed by atoms with E-state index >= 15 is 0 Å². The fourth-order valence-corrected chi connectivity index (χ4v) is 4.47. The Balaban J connectivity index is 1.34. The van der Waals surface area contributed by atoms with E-state index in [4.69, 9.17) is 16.3 Å². The van der Waals surface area contributed by atoms with Crippen LogP contribution in [0, 0.1) is 11.3 Å². The first-order valence-corrected chi connectivity index (χ1v) is 9.58. The number of hydrogen-bond acceptors (Lipinski definition) is 6. The van der Waals surface area contributed by atoms with Crippen molar-refractivity contribution in [3.8, 4) is 6.07 Å². The zero-order valence-corrected chi connectivity index (χ0v) is 16.1. The molecule has 7 nitrogen and oxygen atoms in total. The van der Waals surface area contributed by atoms with Gasteiger partial charge in [-0.25, -0.2) is 9.97 Å². The molecule has 1 amide bonds. The van der Waals surface area contributed by atoms with Crippen LogP contribution in [0.4, 0.5) is 5.95 Å². The third-order valence-corrected chi connectivity index (χ3v) is 6.02. The topological polar surface area (TPSA) is 91.1 Å². The van der Waals surface area contributed by atoms with Crippen molar-refractivity contribution in [1.29, 1.82) is 5.26 Å². The van der Waals surface area contributed by atoms with Gasteiger partial charge in [0.2, 0.25) is 5.95 Å². The van der Waals surface area contributed by atoms with Gasteiger partial charge in [0.25, 0.3) is 5.91 Å². The van der Waals surface area contributed by atoms with Crippen LogP contribution in [0.25, 0.3) is 0 Å². The molecule has 1 aromatic carbocycles. The minimum atomic E-state index is -0.258. The molecule has 1 fully saturated rings. The number of benzene rings is 1. The predicted molar refractivity (Wildman–Crippen MR) is 102 cm³/mol. The van der Waals surface area contributed by atoms with Gasteiger partial charge in [-0.2, -0.15) is 5.26 Å². The van der Waals surface area contributed by atoms with Crippen LogP contribution in [0.15, 0.2) is 18.3 Å². The van der Waals surface area contributed by atoms with Crippen LogP contribution in [0.2, 0.25) is 5.02 Å². The summed E-state index contributed by atoms with van der Waals surface area (Å²) in [4.78, 5) is 23.4. The Morgan fingerprint density at radius 2 is 2.21 bits per heavy atom. The lowest BCUT2D eigenvalue weighted by Crippen LogP contribution is -2.60. The molecule has 1 unspecified atom stereocenters. The summed E-state index contributed by atoms with van der Waals surface area (Å²) >= 11 is 6.12. The molecule has 142 valence electrons. The molecule has 3 aliphatic rings. The molecule has 28 heavy (non-hydrogen) atoms. The summed E-state index contributed by atoms with van der Waals surface area (Å²) in [6.45, 7) is 3.61. The number of fused-ring (bicyclic) bond motifs is 2. The van der Waals surface area contributed by atoms with Crippen LogP contribution in [-0.2, 0) is 24.1 Å². The maximum atomic E-state index is 12.7. The highest BCUT2D eigenvalue weighted by Crippen LogP contribution is 2.34. The van der Waals surface area contributed by atoms with E-state index in [9.17, 15) is 10.1 Å². The van der Waals surface area contributed by atoms with Crippen molar-refractivity contribution in [1.82, 2.24) is 14.9 Å². The standard InChI is InChI=1S/C20H18ClN5O2/c1-20(9-28-10-20)26-8-17-16(18(26)27)7-23-19(25-17)24-14-4-11-2-13(21)3-12(6-22)15(11)5-14/h2-3,7,14H,4-5,8-10H2,1H3,(H,23,24,25). The molecule has 1 N–H and O–H groups in total. The molecule has 1 saturated heterocycles. The molecule has 3 heterocycles. The first kappa shape index (κ1) is 17.4. The summed E-state index contributed by atoms with van der Waals surface area (Å²) < 4.78 is 5.29. The number of nitrogens with zero attached hydrogens (tertiary/aromatic N) is 4. The maximum absolute atomic E-state index is 12.7. The first-order chi connectivity index (χ1) is 13.5. The second-order valence-electron chi connectivity index (χ2n) is 7.89. The molecular formula is C20H18ClN5O2. The van der Waals surface area contributed by atoms with Crippen molar-refractivity contribution in [3.05, 3.63) is 51.3 Å². The number of aromatic nitrogens is 2. The lowest BCUT2D eigenvalue weighted by atomic mass is 9.98. The third-order valence-electron chi connectivity index (χ3n) is 5.81. The lowest BCUT2D eigenvalue weighted by molar-refractivity contribution is -0.116. The molecule has 0 radical (unpaired) electrons. The predicted octanol–water partition coefficient (Wildman–Crippen LogP) is 2.33. The number of amides is 1. The number of rotatable bonds is 3. The Labute approximate surface area is 167 Å². The van der Waals surface area contributed by atoms with Gasteiger partial charge in [-0.05, 0) is 43.0 Å². The van der Waals surface area contributed by atoms with Crippen molar-refractivity contribution in [2.45, 2.75) is 37.9 Å². The number of carbonyl (C=O) groups excluding carboxylic acids is 1. The van der Waals surface area contributed by atoms with E-state index in [0.717, 1.165) is 29.7 Å². The van der Waals surface area contributed by atoms with Gasteiger partial charge in [-0.3, -0.25) is 4.79 Å². The van der Waals surface area contributed by atoms with Crippen molar-refractivity contribution < 1.29 is 9.53 Å². The van der Waals surface area contributed by atoms with E-state index in [1.807, 2.05) is 17.9 Å². The monoisotopic (exact) mass is 395 g/mol. The summed E-state index contributed by atoms with van der Waals surface area (Å²) in [5, 5.41) is 13.3. The molecule has 1 aliphatic carbocycles. The van der Waals surface area contributed by atoms with Crippen molar-refractivity contribution in [2.75, 3.05) is 18.5 Å². The highest BCUT2D eigenvalue weighted by Gasteiger charge is 2.46. The largest absolute Gasteiger partial charge is 0.376 e. The van der Waals surface area contributed by atoms with E-state index in [1.54, 1.807) is 12.3 Å². The third kappa shape index (κ3) is 2.64. The quantitative estimate of drug-likeness (QED) is 0.857. The lowest BCUT2D eigenvalue weighted by Gasteiger charge is -2.45. The number of halogens is 1. The Kier molecular flexibility index (Phi) is 3.83. The van der Waals surface area contributed by atoms with E-state index < -0.39 is 0 Å². The molecule has 1 aromatic heterocycles. The van der Waals surface area contributed by atoms with Crippen LogP contribution in [0.1, 0.15) is 39.7 Å². The van der Waals surface area contributed by atoms with Gasteiger partial charge in [-0.1, -0.05) is 11.6 Å². The zero-order chi connectivity index (χ0) is 19.5. The van der Waals surface area contributed by atoms with Gasteiger partial charge in [0.05, 0.1) is 48.2 Å². The fraction of sp³-hybridized carbons (Fsp3) is 0.400. The van der Waals surface area contributed by atoms with Gasteiger partial charge >= 0.3 is 0 Å². The summed E-state index contributed by atoms with van der Waals surface area (Å²) in [7, 11) is 0.